The van der Waals surface area contributed by atoms with Crippen LogP contribution in [0.2, 0.25) is 0 Å². The van der Waals surface area contributed by atoms with Gasteiger partial charge in [-0.1, -0.05) is 26.0 Å². The Bertz CT molecular complexity index is 834. The third-order valence-electron chi connectivity index (χ3n) is 3.55. The van der Waals surface area contributed by atoms with E-state index in [1.165, 1.54) is 13.8 Å². The fourth-order valence-corrected chi connectivity index (χ4v) is 3.38. The largest absolute Gasteiger partial charge is 0.464 e. The van der Waals surface area contributed by atoms with Crippen LogP contribution in [-0.4, -0.2) is 14.3 Å². The van der Waals surface area contributed by atoms with Crippen LogP contribution in [0.1, 0.15) is 47.2 Å². The van der Waals surface area contributed by atoms with Crippen molar-refractivity contribution in [3.05, 3.63) is 46.9 Å². The highest BCUT2D eigenvalue weighted by Crippen LogP contribution is 2.26. The van der Waals surface area contributed by atoms with E-state index < -0.39 is 15.9 Å². The zero-order valence-electron chi connectivity index (χ0n) is 13.5. The highest BCUT2D eigenvalue weighted by Gasteiger charge is 2.28. The van der Waals surface area contributed by atoms with E-state index in [-0.39, 0.29) is 22.0 Å². The zero-order valence-corrected chi connectivity index (χ0v) is 14.3. The maximum absolute atomic E-state index is 12.4. The van der Waals surface area contributed by atoms with E-state index in [1.807, 2.05) is 12.1 Å². The molecule has 23 heavy (non-hydrogen) atoms. The van der Waals surface area contributed by atoms with E-state index in [0.29, 0.717) is 11.6 Å². The van der Waals surface area contributed by atoms with Crippen molar-refractivity contribution < 1.29 is 17.6 Å². The second-order valence-electron chi connectivity index (χ2n) is 5.69. The molecule has 0 bridgehead atoms. The minimum Gasteiger partial charge on any atom is -0.464 e. The SMILES string of the molecule is Cc1oc(C)c(S(N)(=O)=O)c1C(=O)Nc1ccc(C(C)C)cc1. The summed E-state index contributed by atoms with van der Waals surface area (Å²) in [4.78, 5) is 12.2. The third-order valence-corrected chi connectivity index (χ3v) is 4.61. The number of nitrogens with one attached hydrogen (secondary N) is 1. The Morgan fingerprint density at radius 1 is 1.13 bits per heavy atom. The van der Waals surface area contributed by atoms with Crippen LogP contribution in [0.4, 0.5) is 5.69 Å². The first-order valence-electron chi connectivity index (χ1n) is 7.15. The number of aryl methyl sites for hydroxylation is 2. The van der Waals surface area contributed by atoms with Crippen LogP contribution >= 0.6 is 0 Å². The Kier molecular flexibility index (Phi) is 4.63. The first-order chi connectivity index (χ1) is 10.6. The molecule has 1 aromatic carbocycles. The molecule has 2 rings (SSSR count). The van der Waals surface area contributed by atoms with Crippen molar-refractivity contribution >= 4 is 21.6 Å². The number of sulfonamides is 1. The van der Waals surface area contributed by atoms with E-state index in [2.05, 4.69) is 19.2 Å². The number of carbonyl (C=O) groups is 1. The molecule has 0 atom stereocenters. The molecule has 7 heteroatoms. The second-order valence-corrected chi connectivity index (χ2v) is 7.19. The van der Waals surface area contributed by atoms with Gasteiger partial charge in [0.1, 0.15) is 22.0 Å². The first kappa shape index (κ1) is 17.2. The molecule has 124 valence electrons. The van der Waals surface area contributed by atoms with Gasteiger partial charge in [0.15, 0.2) is 0 Å². The van der Waals surface area contributed by atoms with Gasteiger partial charge in [-0.25, -0.2) is 13.6 Å². The highest BCUT2D eigenvalue weighted by atomic mass is 32.2. The van der Waals surface area contributed by atoms with Gasteiger partial charge in [-0.05, 0) is 37.5 Å². The summed E-state index contributed by atoms with van der Waals surface area (Å²) in [5.74, 6) is 0.126. The molecule has 2 aromatic rings. The minimum atomic E-state index is -4.05. The normalized spacial score (nSPS) is 11.7. The molecular weight excluding hydrogens is 316 g/mol. The highest BCUT2D eigenvalue weighted by molar-refractivity contribution is 7.89. The molecule has 1 aromatic heterocycles. The molecule has 6 nitrogen and oxygen atoms in total. The number of hydrogen-bond acceptors (Lipinski definition) is 4. The molecule has 1 heterocycles. The van der Waals surface area contributed by atoms with Gasteiger partial charge in [-0.3, -0.25) is 4.79 Å². The summed E-state index contributed by atoms with van der Waals surface area (Å²) in [6, 6.07) is 7.36. The Morgan fingerprint density at radius 2 is 1.70 bits per heavy atom. The van der Waals surface area contributed by atoms with Crippen molar-refractivity contribution in [2.24, 2.45) is 5.14 Å². The number of anilines is 1. The summed E-state index contributed by atoms with van der Waals surface area (Å²) >= 11 is 0. The van der Waals surface area contributed by atoms with Gasteiger partial charge < -0.3 is 9.73 Å². The van der Waals surface area contributed by atoms with Crippen LogP contribution < -0.4 is 10.5 Å². The first-order valence-corrected chi connectivity index (χ1v) is 8.70. The molecule has 0 spiro atoms. The molecule has 0 aliphatic heterocycles. The van der Waals surface area contributed by atoms with Gasteiger partial charge in [0.25, 0.3) is 5.91 Å². The topological polar surface area (TPSA) is 102 Å². The standard InChI is InChI=1S/C16H20N2O4S/c1-9(2)12-5-7-13(8-6-12)18-16(19)14-10(3)22-11(4)15(14)23(17,20)21/h5-9H,1-4H3,(H,18,19)(H2,17,20,21). The quantitative estimate of drug-likeness (QED) is 0.896. The lowest BCUT2D eigenvalue weighted by Gasteiger charge is -2.09. The number of hydrogen-bond donors (Lipinski definition) is 2. The number of nitrogens with two attached hydrogens (primary N) is 1. The van der Waals surface area contributed by atoms with Gasteiger partial charge in [-0.2, -0.15) is 0 Å². The number of amides is 1. The van der Waals surface area contributed by atoms with Crippen molar-refractivity contribution in [3.63, 3.8) is 0 Å². The van der Waals surface area contributed by atoms with Crippen molar-refractivity contribution in [3.8, 4) is 0 Å². The van der Waals surface area contributed by atoms with Gasteiger partial charge in [0, 0.05) is 5.69 Å². The summed E-state index contributed by atoms with van der Waals surface area (Å²) < 4.78 is 28.7. The van der Waals surface area contributed by atoms with Crippen LogP contribution in [0.5, 0.6) is 0 Å². The lowest BCUT2D eigenvalue weighted by Crippen LogP contribution is -2.20. The van der Waals surface area contributed by atoms with E-state index in [9.17, 15) is 13.2 Å². The summed E-state index contributed by atoms with van der Waals surface area (Å²) in [5.41, 5.74) is 1.65. The van der Waals surface area contributed by atoms with E-state index in [1.54, 1.807) is 12.1 Å². The predicted octanol–water partition coefficient (Wildman–Crippen LogP) is 2.92. The number of carbonyl (C=O) groups excluding carboxylic acids is 1. The number of rotatable bonds is 4. The van der Waals surface area contributed by atoms with Crippen LogP contribution in [0.25, 0.3) is 0 Å². The lowest BCUT2D eigenvalue weighted by molar-refractivity contribution is 0.102. The third kappa shape index (κ3) is 3.62. The smallest absolute Gasteiger partial charge is 0.260 e. The second kappa shape index (κ2) is 6.17. The van der Waals surface area contributed by atoms with Crippen LogP contribution in [0.3, 0.4) is 0 Å². The summed E-state index contributed by atoms with van der Waals surface area (Å²) in [6.07, 6.45) is 0. The Balaban J connectivity index is 2.35. The molecule has 3 N–H and O–H groups in total. The predicted molar refractivity (Wildman–Crippen MR) is 88.0 cm³/mol. The number of primary sulfonamides is 1. The summed E-state index contributed by atoms with van der Waals surface area (Å²) in [7, 11) is -4.05. The van der Waals surface area contributed by atoms with Gasteiger partial charge >= 0.3 is 0 Å². The Morgan fingerprint density at radius 3 is 2.17 bits per heavy atom. The fraction of sp³-hybridized carbons (Fsp3) is 0.312. The molecule has 0 radical (unpaired) electrons. The Hall–Kier alpha value is -2.12. The zero-order chi connectivity index (χ0) is 17.4. The monoisotopic (exact) mass is 336 g/mol. The lowest BCUT2D eigenvalue weighted by atomic mass is 10.0. The van der Waals surface area contributed by atoms with E-state index in [0.717, 1.165) is 5.56 Å². The fourth-order valence-electron chi connectivity index (χ4n) is 2.41. The van der Waals surface area contributed by atoms with E-state index >= 15 is 0 Å². The molecule has 0 saturated heterocycles. The maximum atomic E-state index is 12.4. The van der Waals surface area contributed by atoms with Crippen molar-refractivity contribution in [1.82, 2.24) is 0 Å². The summed E-state index contributed by atoms with van der Waals surface area (Å²) in [6.45, 7) is 7.13. The number of furan rings is 1. The number of benzene rings is 1. The Labute approximate surface area is 135 Å². The molecule has 0 fully saturated rings. The average Bonchev–Trinajstić information content (AvgIpc) is 2.74. The van der Waals surface area contributed by atoms with Crippen LogP contribution in [0.15, 0.2) is 33.6 Å². The molecular formula is C16H20N2O4S. The van der Waals surface area contributed by atoms with Crippen molar-refractivity contribution in [1.29, 1.82) is 0 Å². The molecule has 0 saturated carbocycles. The molecule has 1 amide bonds. The molecule has 0 unspecified atom stereocenters. The van der Waals surface area contributed by atoms with Crippen LogP contribution in [0, 0.1) is 13.8 Å². The average molecular weight is 336 g/mol. The summed E-state index contributed by atoms with van der Waals surface area (Å²) in [5, 5.41) is 7.86. The molecule has 0 aliphatic rings. The van der Waals surface area contributed by atoms with Gasteiger partial charge in [-0.15, -0.1) is 0 Å². The molecule has 0 aliphatic carbocycles. The maximum Gasteiger partial charge on any atom is 0.260 e. The van der Waals surface area contributed by atoms with Crippen LogP contribution in [-0.2, 0) is 10.0 Å². The minimum absolute atomic E-state index is 0.0575. The van der Waals surface area contributed by atoms with Gasteiger partial charge in [0.05, 0.1) is 0 Å². The van der Waals surface area contributed by atoms with Gasteiger partial charge in [0.2, 0.25) is 10.0 Å². The van der Waals surface area contributed by atoms with E-state index in [4.69, 9.17) is 9.56 Å². The van der Waals surface area contributed by atoms with Crippen molar-refractivity contribution in [2.45, 2.75) is 38.5 Å². The van der Waals surface area contributed by atoms with Crippen molar-refractivity contribution in [2.75, 3.05) is 5.32 Å².